The zero-order valence-electron chi connectivity index (χ0n) is 27.4. The molecule has 0 saturated heterocycles. The largest absolute Gasteiger partial charge is 0.469 e. The summed E-state index contributed by atoms with van der Waals surface area (Å²) in [6.45, 7) is 9.61. The highest BCUT2D eigenvalue weighted by molar-refractivity contribution is 7.92. The number of nitrogens with zero attached hydrogens (tertiary/aromatic N) is 1. The van der Waals surface area contributed by atoms with Gasteiger partial charge < -0.3 is 19.1 Å². The number of halogens is 1. The van der Waals surface area contributed by atoms with Crippen LogP contribution < -0.4 is 4.72 Å². The second-order valence-corrected chi connectivity index (χ2v) is 13.7. The molecule has 45 heavy (non-hydrogen) atoms. The average molecular weight is 667 g/mol. The quantitative estimate of drug-likeness (QED) is 0.144. The molecule has 2 rings (SSSR count). The summed E-state index contributed by atoms with van der Waals surface area (Å²) >= 11 is 6.18. The molecular formula is C33H47ClN2O8S. The Morgan fingerprint density at radius 1 is 1.00 bits per heavy atom. The van der Waals surface area contributed by atoms with Crippen LogP contribution in [0.2, 0.25) is 5.02 Å². The van der Waals surface area contributed by atoms with E-state index < -0.39 is 33.3 Å². The lowest BCUT2D eigenvalue weighted by Crippen LogP contribution is -2.36. The van der Waals surface area contributed by atoms with Gasteiger partial charge in [0.25, 0.3) is 10.0 Å². The molecule has 3 atom stereocenters. The third-order valence-corrected chi connectivity index (χ3v) is 9.67. The molecule has 0 aliphatic carbocycles. The van der Waals surface area contributed by atoms with E-state index in [9.17, 15) is 22.8 Å². The molecule has 0 amide bonds. The molecular weight excluding hydrogens is 620 g/mol. The van der Waals surface area contributed by atoms with Crippen LogP contribution in [-0.4, -0.2) is 72.2 Å². The van der Waals surface area contributed by atoms with Crippen LogP contribution in [-0.2, 0) is 33.8 Å². The van der Waals surface area contributed by atoms with Gasteiger partial charge in [-0.3, -0.25) is 14.3 Å². The van der Waals surface area contributed by atoms with Crippen LogP contribution in [0.25, 0.3) is 0 Å². The lowest BCUT2D eigenvalue weighted by Gasteiger charge is -2.32. The van der Waals surface area contributed by atoms with E-state index in [1.165, 1.54) is 44.6 Å². The second-order valence-electron chi connectivity index (χ2n) is 11.7. The number of hydrogen-bond donors (Lipinski definition) is 1. The van der Waals surface area contributed by atoms with Crippen LogP contribution in [0.5, 0.6) is 0 Å². The van der Waals surface area contributed by atoms with Crippen molar-refractivity contribution < 1.29 is 37.0 Å². The van der Waals surface area contributed by atoms with Gasteiger partial charge in [-0.1, -0.05) is 50.9 Å². The molecule has 0 aromatic heterocycles. The SMILES string of the molecule is CCCCN(C)CCOC(=O)C(CC)CC(C)(CC(C)c1ccc(S(=O)(=O)Nc2cc(C(=O)OC)ccc2Cl)cc1)C(=O)OC. The van der Waals surface area contributed by atoms with Crippen LogP contribution in [0.15, 0.2) is 47.4 Å². The fourth-order valence-electron chi connectivity index (χ4n) is 5.22. The van der Waals surface area contributed by atoms with E-state index in [4.69, 9.17) is 25.8 Å². The first-order valence-electron chi connectivity index (χ1n) is 15.2. The number of ether oxygens (including phenoxy) is 3. The first-order valence-corrected chi connectivity index (χ1v) is 17.0. The zero-order chi connectivity index (χ0) is 33.8. The summed E-state index contributed by atoms with van der Waals surface area (Å²) < 4.78 is 44.1. The van der Waals surface area contributed by atoms with Crippen LogP contribution in [0.3, 0.4) is 0 Å². The standard InChI is InChI=1S/C33H47ClN2O8S/c1-8-10-17-36(5)18-19-44-31(38)24(9-2)22-33(4,32(39)43-7)21-23(3)25-11-14-27(15-12-25)45(40,41)35-29-20-26(30(37)42-6)13-16-28(29)34/h11-16,20,23-24,35H,8-10,17-19,21-22H2,1-7H3. The van der Waals surface area contributed by atoms with Crippen molar-refractivity contribution >= 4 is 45.2 Å². The van der Waals surface area contributed by atoms with Gasteiger partial charge in [0.2, 0.25) is 0 Å². The van der Waals surface area contributed by atoms with Gasteiger partial charge in [0.05, 0.1) is 46.7 Å². The Morgan fingerprint density at radius 3 is 2.24 bits per heavy atom. The van der Waals surface area contributed by atoms with Crippen molar-refractivity contribution in [2.45, 2.75) is 70.6 Å². The smallest absolute Gasteiger partial charge is 0.337 e. The van der Waals surface area contributed by atoms with Crippen molar-refractivity contribution in [2.75, 3.05) is 45.7 Å². The summed E-state index contributed by atoms with van der Waals surface area (Å²) in [4.78, 5) is 40.0. The average Bonchev–Trinajstić information content (AvgIpc) is 3.02. The van der Waals surface area contributed by atoms with Gasteiger partial charge in [-0.2, -0.15) is 0 Å². The zero-order valence-corrected chi connectivity index (χ0v) is 28.9. The molecule has 12 heteroatoms. The molecule has 0 saturated carbocycles. The fourth-order valence-corrected chi connectivity index (χ4v) is 6.51. The molecule has 10 nitrogen and oxygen atoms in total. The number of esters is 3. The van der Waals surface area contributed by atoms with E-state index >= 15 is 0 Å². The minimum Gasteiger partial charge on any atom is -0.469 e. The van der Waals surface area contributed by atoms with Gasteiger partial charge in [-0.05, 0) is 88.0 Å². The predicted octanol–water partition coefficient (Wildman–Crippen LogP) is 6.29. The van der Waals surface area contributed by atoms with E-state index in [1.54, 1.807) is 19.1 Å². The van der Waals surface area contributed by atoms with Crippen LogP contribution in [0, 0.1) is 11.3 Å². The lowest BCUT2D eigenvalue weighted by atomic mass is 9.73. The van der Waals surface area contributed by atoms with Crippen LogP contribution >= 0.6 is 11.6 Å². The number of carbonyl (C=O) groups excluding carboxylic acids is 3. The van der Waals surface area contributed by atoms with Crippen molar-refractivity contribution in [3.63, 3.8) is 0 Å². The van der Waals surface area contributed by atoms with Gasteiger partial charge in [0.15, 0.2) is 0 Å². The molecule has 0 bridgehead atoms. The van der Waals surface area contributed by atoms with Crippen LogP contribution in [0.1, 0.15) is 81.6 Å². The van der Waals surface area contributed by atoms with E-state index in [0.29, 0.717) is 19.4 Å². The first-order chi connectivity index (χ1) is 21.2. The summed E-state index contributed by atoms with van der Waals surface area (Å²) in [5.74, 6) is -2.04. The topological polar surface area (TPSA) is 128 Å². The van der Waals surface area contributed by atoms with E-state index in [2.05, 4.69) is 16.5 Å². The summed E-state index contributed by atoms with van der Waals surface area (Å²) in [6.07, 6.45) is 3.31. The Labute approximate surface area is 272 Å². The van der Waals surface area contributed by atoms with E-state index in [-0.39, 0.29) is 46.1 Å². The van der Waals surface area contributed by atoms with Crippen LogP contribution in [0.4, 0.5) is 5.69 Å². The molecule has 250 valence electrons. The number of benzene rings is 2. The normalized spacial score (nSPS) is 14.2. The minimum atomic E-state index is -4.04. The molecule has 0 aliphatic heterocycles. The maximum Gasteiger partial charge on any atom is 0.337 e. The van der Waals surface area contributed by atoms with E-state index in [0.717, 1.165) is 24.9 Å². The van der Waals surface area contributed by atoms with Crippen molar-refractivity contribution in [3.05, 3.63) is 58.6 Å². The van der Waals surface area contributed by atoms with Crippen molar-refractivity contribution in [2.24, 2.45) is 11.3 Å². The molecule has 0 spiro atoms. The Bertz CT molecular complexity index is 1400. The number of anilines is 1. The molecule has 0 heterocycles. The number of hydrogen-bond acceptors (Lipinski definition) is 9. The lowest BCUT2D eigenvalue weighted by molar-refractivity contribution is -0.157. The Balaban J connectivity index is 2.15. The fraction of sp³-hybridized carbons (Fsp3) is 0.545. The van der Waals surface area contributed by atoms with E-state index in [1.807, 2.05) is 20.9 Å². The number of unbranched alkanes of at least 4 members (excludes halogenated alkanes) is 1. The number of methoxy groups -OCH3 is 2. The maximum atomic E-state index is 13.1. The molecule has 3 unspecified atom stereocenters. The molecule has 2 aromatic carbocycles. The molecule has 1 N–H and O–H groups in total. The first kappa shape index (κ1) is 38.0. The predicted molar refractivity (Wildman–Crippen MR) is 175 cm³/mol. The monoisotopic (exact) mass is 666 g/mol. The second kappa shape index (κ2) is 17.5. The van der Waals surface area contributed by atoms with Crippen molar-refractivity contribution in [1.29, 1.82) is 0 Å². The summed E-state index contributed by atoms with van der Waals surface area (Å²) in [5, 5.41) is 0.118. The van der Waals surface area contributed by atoms with Crippen molar-refractivity contribution in [3.8, 4) is 0 Å². The van der Waals surface area contributed by atoms with Gasteiger partial charge in [0.1, 0.15) is 6.61 Å². The van der Waals surface area contributed by atoms with Gasteiger partial charge in [-0.15, -0.1) is 0 Å². The third-order valence-electron chi connectivity index (χ3n) is 7.96. The number of sulfonamides is 1. The highest BCUT2D eigenvalue weighted by Crippen LogP contribution is 2.39. The molecule has 2 aromatic rings. The Morgan fingerprint density at radius 2 is 1.67 bits per heavy atom. The molecule has 0 aliphatic rings. The number of nitrogens with one attached hydrogen (secondary N) is 1. The number of carbonyl (C=O) groups is 3. The number of likely N-dealkylation sites (N-methyl/N-ethyl adjacent to an activating group) is 1. The van der Waals surface area contributed by atoms with Gasteiger partial charge in [0, 0.05) is 6.54 Å². The highest BCUT2D eigenvalue weighted by Gasteiger charge is 2.40. The molecule has 0 radical (unpaired) electrons. The Kier molecular flexibility index (Phi) is 14.8. The number of rotatable bonds is 18. The summed E-state index contributed by atoms with van der Waals surface area (Å²) in [5.41, 5.74) is 0.00406. The van der Waals surface area contributed by atoms with Gasteiger partial charge in [-0.25, -0.2) is 13.2 Å². The maximum absolute atomic E-state index is 13.1. The molecule has 0 fully saturated rings. The van der Waals surface area contributed by atoms with Gasteiger partial charge >= 0.3 is 17.9 Å². The van der Waals surface area contributed by atoms with Crippen molar-refractivity contribution in [1.82, 2.24) is 4.90 Å². The Hall–Kier alpha value is -3.15. The minimum absolute atomic E-state index is 0.0113. The third kappa shape index (κ3) is 11.0. The summed E-state index contributed by atoms with van der Waals surface area (Å²) in [6, 6.07) is 10.4. The highest BCUT2D eigenvalue weighted by atomic mass is 35.5. The summed E-state index contributed by atoms with van der Waals surface area (Å²) in [7, 11) is 0.509.